The van der Waals surface area contributed by atoms with Gasteiger partial charge < -0.3 is 9.64 Å². The van der Waals surface area contributed by atoms with Gasteiger partial charge in [0, 0.05) is 38.0 Å². The lowest BCUT2D eigenvalue weighted by Crippen LogP contribution is -2.40. The highest BCUT2D eigenvalue weighted by molar-refractivity contribution is 5.85. The van der Waals surface area contributed by atoms with Crippen LogP contribution in [0.25, 0.3) is 10.8 Å². The molecule has 3 heteroatoms. The molecule has 0 amide bonds. The Labute approximate surface area is 150 Å². The molecule has 0 aliphatic carbocycles. The Hall–Kier alpha value is -1.42. The SMILES string of the molecule is CN(C)C[C@H]1[C@H]2CN(Cc3cccc4ccccc34)C[C@]23CC[C@H]1O3. The number of hydrogen-bond acceptors (Lipinski definition) is 3. The van der Waals surface area contributed by atoms with Crippen LogP contribution in [0.1, 0.15) is 18.4 Å². The second-order valence-electron chi connectivity index (χ2n) is 8.60. The fourth-order valence-corrected chi connectivity index (χ4v) is 5.74. The molecule has 3 aliphatic rings. The predicted octanol–water partition coefficient (Wildman–Crippen LogP) is 3.38. The van der Waals surface area contributed by atoms with Crippen LogP contribution in [0, 0.1) is 11.8 Å². The van der Waals surface area contributed by atoms with Gasteiger partial charge in [-0.15, -0.1) is 0 Å². The van der Waals surface area contributed by atoms with Crippen LogP contribution < -0.4 is 0 Å². The second kappa shape index (κ2) is 5.80. The van der Waals surface area contributed by atoms with E-state index in [4.69, 9.17) is 4.74 Å². The highest BCUT2D eigenvalue weighted by atomic mass is 16.5. The molecule has 2 bridgehead atoms. The minimum atomic E-state index is 0.149. The monoisotopic (exact) mass is 336 g/mol. The third kappa shape index (κ3) is 2.52. The molecule has 25 heavy (non-hydrogen) atoms. The van der Waals surface area contributed by atoms with Crippen LogP contribution in [0.3, 0.4) is 0 Å². The van der Waals surface area contributed by atoms with Crippen LogP contribution >= 0.6 is 0 Å². The van der Waals surface area contributed by atoms with Crippen molar-refractivity contribution >= 4 is 10.8 Å². The number of hydrogen-bond donors (Lipinski definition) is 0. The van der Waals surface area contributed by atoms with Gasteiger partial charge in [-0.2, -0.15) is 0 Å². The number of likely N-dealkylation sites (tertiary alicyclic amines) is 1. The van der Waals surface area contributed by atoms with Gasteiger partial charge in [-0.25, -0.2) is 0 Å². The van der Waals surface area contributed by atoms with E-state index in [0.717, 1.165) is 13.1 Å². The molecule has 0 radical (unpaired) electrons. The maximum atomic E-state index is 6.58. The van der Waals surface area contributed by atoms with Crippen LogP contribution in [0.15, 0.2) is 42.5 Å². The van der Waals surface area contributed by atoms with E-state index in [1.54, 1.807) is 0 Å². The summed E-state index contributed by atoms with van der Waals surface area (Å²) in [7, 11) is 4.39. The fraction of sp³-hybridized carbons (Fsp3) is 0.545. The lowest BCUT2D eigenvalue weighted by molar-refractivity contribution is 0.00148. The zero-order valence-electron chi connectivity index (χ0n) is 15.3. The minimum Gasteiger partial charge on any atom is -0.370 e. The molecule has 3 fully saturated rings. The lowest BCUT2D eigenvalue weighted by atomic mass is 9.73. The van der Waals surface area contributed by atoms with Gasteiger partial charge in [0.2, 0.25) is 0 Å². The molecule has 5 rings (SSSR count). The Kier molecular flexibility index (Phi) is 3.67. The van der Waals surface area contributed by atoms with E-state index in [1.807, 2.05) is 0 Å². The maximum Gasteiger partial charge on any atom is 0.0858 e. The number of ether oxygens (including phenoxy) is 1. The normalized spacial score (nSPS) is 34.3. The topological polar surface area (TPSA) is 15.7 Å². The molecule has 3 saturated heterocycles. The van der Waals surface area contributed by atoms with Crippen LogP contribution in [0.4, 0.5) is 0 Å². The number of rotatable bonds is 4. The average Bonchev–Trinajstić information content (AvgIpc) is 3.24. The highest BCUT2D eigenvalue weighted by Gasteiger charge is 2.62. The summed E-state index contributed by atoms with van der Waals surface area (Å²) < 4.78 is 6.58. The summed E-state index contributed by atoms with van der Waals surface area (Å²) in [5.41, 5.74) is 1.60. The van der Waals surface area contributed by atoms with Crippen molar-refractivity contribution in [2.24, 2.45) is 11.8 Å². The van der Waals surface area contributed by atoms with Crippen molar-refractivity contribution in [3.05, 3.63) is 48.0 Å². The first-order valence-corrected chi connectivity index (χ1v) is 9.66. The molecular formula is C22H28N2O. The largest absolute Gasteiger partial charge is 0.370 e. The van der Waals surface area contributed by atoms with Gasteiger partial charge in [0.15, 0.2) is 0 Å². The van der Waals surface area contributed by atoms with Crippen LogP contribution in [0.5, 0.6) is 0 Å². The zero-order valence-corrected chi connectivity index (χ0v) is 15.3. The predicted molar refractivity (Wildman–Crippen MR) is 102 cm³/mol. The Morgan fingerprint density at radius 3 is 2.88 bits per heavy atom. The van der Waals surface area contributed by atoms with Gasteiger partial charge in [-0.3, -0.25) is 4.90 Å². The van der Waals surface area contributed by atoms with E-state index >= 15 is 0 Å². The third-order valence-corrected chi connectivity index (χ3v) is 6.70. The highest BCUT2D eigenvalue weighted by Crippen LogP contribution is 2.55. The van der Waals surface area contributed by atoms with Gasteiger partial charge in [0.05, 0.1) is 11.7 Å². The molecule has 3 aliphatic heterocycles. The van der Waals surface area contributed by atoms with E-state index < -0.39 is 0 Å². The average molecular weight is 336 g/mol. The minimum absolute atomic E-state index is 0.149. The van der Waals surface area contributed by atoms with Crippen molar-refractivity contribution in [2.45, 2.75) is 31.1 Å². The number of benzene rings is 2. The van der Waals surface area contributed by atoms with Crippen molar-refractivity contribution < 1.29 is 4.74 Å². The van der Waals surface area contributed by atoms with E-state index in [2.05, 4.69) is 66.4 Å². The first-order valence-electron chi connectivity index (χ1n) is 9.66. The molecule has 0 N–H and O–H groups in total. The maximum absolute atomic E-state index is 6.58. The summed E-state index contributed by atoms with van der Waals surface area (Å²) in [5.74, 6) is 1.42. The summed E-state index contributed by atoms with van der Waals surface area (Å²) in [4.78, 5) is 4.99. The molecule has 2 aromatic carbocycles. The van der Waals surface area contributed by atoms with E-state index in [-0.39, 0.29) is 5.60 Å². The first-order chi connectivity index (χ1) is 12.1. The van der Waals surface area contributed by atoms with Crippen LogP contribution in [-0.2, 0) is 11.3 Å². The van der Waals surface area contributed by atoms with Gasteiger partial charge in [-0.05, 0) is 43.3 Å². The second-order valence-corrected chi connectivity index (χ2v) is 8.60. The molecule has 0 aromatic heterocycles. The fourth-order valence-electron chi connectivity index (χ4n) is 5.74. The molecule has 3 nitrogen and oxygen atoms in total. The standard InChI is InChI=1S/C22H28N2O/c1-23(2)13-19-20-14-24(15-22(20)11-10-21(19)25-22)12-17-8-5-7-16-6-3-4-9-18(16)17/h3-9,19-21H,10-15H2,1-2H3/t19-,20+,21+,22+/m0/s1. The van der Waals surface area contributed by atoms with Crippen molar-refractivity contribution in [3.63, 3.8) is 0 Å². The molecular weight excluding hydrogens is 308 g/mol. The third-order valence-electron chi connectivity index (χ3n) is 6.70. The molecule has 0 saturated carbocycles. The van der Waals surface area contributed by atoms with Crippen molar-refractivity contribution in [3.8, 4) is 0 Å². The van der Waals surface area contributed by atoms with Gasteiger partial charge >= 0.3 is 0 Å². The Morgan fingerprint density at radius 2 is 2.00 bits per heavy atom. The van der Waals surface area contributed by atoms with E-state index in [9.17, 15) is 0 Å². The van der Waals surface area contributed by atoms with Gasteiger partial charge in [-0.1, -0.05) is 42.5 Å². The Balaban J connectivity index is 1.39. The summed E-state index contributed by atoms with van der Waals surface area (Å²) in [5, 5.41) is 2.75. The number of fused-ring (bicyclic) bond motifs is 2. The van der Waals surface area contributed by atoms with E-state index in [1.165, 1.54) is 42.3 Å². The summed E-state index contributed by atoms with van der Waals surface area (Å²) >= 11 is 0. The Bertz CT molecular complexity index is 783. The van der Waals surface area contributed by atoms with Crippen LogP contribution in [-0.4, -0.2) is 55.2 Å². The molecule has 132 valence electrons. The molecule has 1 spiro atoms. The lowest BCUT2D eigenvalue weighted by Gasteiger charge is -2.31. The van der Waals surface area contributed by atoms with Gasteiger partial charge in [0.25, 0.3) is 0 Å². The quantitative estimate of drug-likeness (QED) is 0.851. The summed E-state index contributed by atoms with van der Waals surface area (Å²) in [6.45, 7) is 4.51. The summed E-state index contributed by atoms with van der Waals surface area (Å²) in [6, 6.07) is 15.5. The summed E-state index contributed by atoms with van der Waals surface area (Å²) in [6.07, 6.45) is 3.03. The van der Waals surface area contributed by atoms with Crippen LogP contribution in [0.2, 0.25) is 0 Å². The van der Waals surface area contributed by atoms with Gasteiger partial charge in [0.1, 0.15) is 0 Å². The molecule has 3 heterocycles. The Morgan fingerprint density at radius 1 is 1.16 bits per heavy atom. The number of nitrogens with zero attached hydrogens (tertiary/aromatic N) is 2. The smallest absolute Gasteiger partial charge is 0.0858 e. The molecule has 4 atom stereocenters. The van der Waals surface area contributed by atoms with E-state index in [0.29, 0.717) is 17.9 Å². The van der Waals surface area contributed by atoms with Crippen molar-refractivity contribution in [1.82, 2.24) is 9.80 Å². The molecule has 0 unspecified atom stereocenters. The zero-order chi connectivity index (χ0) is 17.0. The van der Waals surface area contributed by atoms with Crippen molar-refractivity contribution in [2.75, 3.05) is 33.7 Å². The van der Waals surface area contributed by atoms with Crippen molar-refractivity contribution in [1.29, 1.82) is 0 Å². The molecule has 2 aromatic rings. The first kappa shape index (κ1) is 15.8.